The van der Waals surface area contributed by atoms with Crippen LogP contribution < -0.4 is 4.74 Å². The number of fused-ring (bicyclic) bond motifs is 1. The molecule has 6 heteroatoms. The lowest BCUT2D eigenvalue weighted by Crippen LogP contribution is -2.40. The molecule has 0 unspecified atom stereocenters. The Bertz CT molecular complexity index is 885. The van der Waals surface area contributed by atoms with Gasteiger partial charge in [0.15, 0.2) is 0 Å². The highest BCUT2D eigenvalue weighted by Gasteiger charge is 2.35. The van der Waals surface area contributed by atoms with Crippen LogP contribution in [0.3, 0.4) is 0 Å². The monoisotopic (exact) mass is 411 g/mol. The quantitative estimate of drug-likeness (QED) is 0.685. The van der Waals surface area contributed by atoms with Crippen molar-refractivity contribution in [3.05, 3.63) is 63.7 Å². The van der Waals surface area contributed by atoms with Crippen molar-refractivity contribution in [2.45, 2.75) is 44.4 Å². The van der Waals surface area contributed by atoms with E-state index in [2.05, 4.69) is 25.8 Å². The molecule has 2 aromatic rings. The first kappa shape index (κ1) is 17.0. The van der Waals surface area contributed by atoms with Gasteiger partial charge in [0, 0.05) is 29.5 Å². The number of ether oxygens (including phenoxy) is 1. The number of pyridine rings is 1. The van der Waals surface area contributed by atoms with Crippen LogP contribution in [-0.2, 0) is 6.54 Å². The third-order valence-electron chi connectivity index (χ3n) is 5.17. The summed E-state index contributed by atoms with van der Waals surface area (Å²) in [7, 11) is 0. The van der Waals surface area contributed by atoms with Crippen LogP contribution in [0.4, 0.5) is 5.69 Å². The molecule has 2 aliphatic rings. The van der Waals surface area contributed by atoms with Gasteiger partial charge in [0.1, 0.15) is 5.75 Å². The third kappa shape index (κ3) is 3.19. The van der Waals surface area contributed by atoms with Crippen LogP contribution in [0.1, 0.15) is 41.6 Å². The van der Waals surface area contributed by atoms with Crippen LogP contribution in [-0.4, -0.2) is 27.9 Å². The van der Waals surface area contributed by atoms with Gasteiger partial charge in [0.05, 0.1) is 18.2 Å². The summed E-state index contributed by atoms with van der Waals surface area (Å²) in [5.41, 5.74) is 2.41. The minimum absolute atomic E-state index is 0.108. The van der Waals surface area contributed by atoms with Crippen LogP contribution in [0, 0.1) is 6.57 Å². The minimum Gasteiger partial charge on any atom is -0.491 e. The van der Waals surface area contributed by atoms with Crippen molar-refractivity contribution in [3.63, 3.8) is 0 Å². The molecular weight excluding hydrogens is 394 g/mol. The Hall–Kier alpha value is -2.39. The van der Waals surface area contributed by atoms with Crippen molar-refractivity contribution in [2.75, 3.05) is 0 Å². The molecule has 0 atom stereocenters. The van der Waals surface area contributed by atoms with E-state index in [1.807, 2.05) is 23.1 Å². The van der Waals surface area contributed by atoms with E-state index in [4.69, 9.17) is 11.3 Å². The van der Waals surface area contributed by atoms with Crippen molar-refractivity contribution < 1.29 is 9.53 Å². The smallest absolute Gasteiger partial charge is 0.256 e. The van der Waals surface area contributed by atoms with Gasteiger partial charge in [0.2, 0.25) is 5.69 Å². The largest absolute Gasteiger partial charge is 0.491 e. The molecule has 1 fully saturated rings. The maximum absolute atomic E-state index is 12.6. The maximum Gasteiger partial charge on any atom is 0.256 e. The molecule has 0 saturated heterocycles. The number of amides is 1. The van der Waals surface area contributed by atoms with Gasteiger partial charge in [-0.25, -0.2) is 4.85 Å². The Labute approximate surface area is 160 Å². The first-order valence-electron chi connectivity index (χ1n) is 8.73. The number of carbonyl (C=O) groups is 1. The zero-order valence-electron chi connectivity index (χ0n) is 14.2. The lowest BCUT2D eigenvalue weighted by molar-refractivity contribution is 0.0561. The third-order valence-corrected chi connectivity index (χ3v) is 5.81. The average Bonchev–Trinajstić information content (AvgIpc) is 3.00. The fourth-order valence-corrected chi connectivity index (χ4v) is 4.22. The van der Waals surface area contributed by atoms with Crippen LogP contribution in [0.2, 0.25) is 0 Å². The molecule has 1 aromatic heterocycles. The van der Waals surface area contributed by atoms with Crippen LogP contribution >= 0.6 is 15.9 Å². The topological polar surface area (TPSA) is 46.8 Å². The highest BCUT2D eigenvalue weighted by molar-refractivity contribution is 9.10. The van der Waals surface area contributed by atoms with Gasteiger partial charge in [-0.15, -0.1) is 0 Å². The zero-order chi connectivity index (χ0) is 18.1. The number of hydrogen-bond donors (Lipinski definition) is 0. The van der Waals surface area contributed by atoms with E-state index in [0.29, 0.717) is 12.2 Å². The Morgan fingerprint density at radius 2 is 2.04 bits per heavy atom. The summed E-state index contributed by atoms with van der Waals surface area (Å²) in [6, 6.07) is 7.68. The Morgan fingerprint density at radius 3 is 2.73 bits per heavy atom. The second-order valence-corrected chi connectivity index (χ2v) is 7.59. The fraction of sp³-hybridized carbons (Fsp3) is 0.350. The van der Waals surface area contributed by atoms with Crippen LogP contribution in [0.5, 0.6) is 5.75 Å². The normalized spacial score (nSPS) is 22.0. The van der Waals surface area contributed by atoms with Gasteiger partial charge in [-0.3, -0.25) is 9.78 Å². The Kier molecular flexibility index (Phi) is 4.64. The zero-order valence-corrected chi connectivity index (χ0v) is 15.8. The average molecular weight is 412 g/mol. The van der Waals surface area contributed by atoms with E-state index in [0.717, 1.165) is 47.0 Å². The standard InChI is InChI=1S/C20H18BrN3O2/c1-22-19-7-6-16(10-18(19)21)26-15-4-2-14(3-5-15)24-12-13-8-9-23-11-17(13)20(24)25/h6-11,14-15H,2-5,12H2. The Balaban J connectivity index is 1.36. The molecule has 0 radical (unpaired) electrons. The second kappa shape index (κ2) is 7.08. The lowest BCUT2D eigenvalue weighted by atomic mass is 9.92. The summed E-state index contributed by atoms with van der Waals surface area (Å²) in [4.78, 5) is 22.1. The molecule has 0 spiro atoms. The summed E-state index contributed by atoms with van der Waals surface area (Å²) in [6.45, 7) is 7.79. The number of rotatable bonds is 3. The highest BCUT2D eigenvalue weighted by atomic mass is 79.9. The molecule has 1 amide bonds. The van der Waals surface area contributed by atoms with Crippen molar-refractivity contribution >= 4 is 27.5 Å². The van der Waals surface area contributed by atoms with Crippen molar-refractivity contribution in [1.29, 1.82) is 0 Å². The SMILES string of the molecule is [C-]#[N+]c1ccc(OC2CCC(N3Cc4ccncc4C3=O)CC2)cc1Br. The summed E-state index contributed by atoms with van der Waals surface area (Å²) < 4.78 is 6.85. The maximum atomic E-state index is 12.6. The molecule has 2 heterocycles. The molecule has 0 N–H and O–H groups in total. The molecular formula is C20H18BrN3O2. The van der Waals surface area contributed by atoms with Crippen LogP contribution in [0.25, 0.3) is 4.85 Å². The van der Waals surface area contributed by atoms with Gasteiger partial charge in [0.25, 0.3) is 5.91 Å². The molecule has 1 aliphatic carbocycles. The van der Waals surface area contributed by atoms with Crippen LogP contribution in [0.15, 0.2) is 41.1 Å². The van der Waals surface area contributed by atoms with Gasteiger partial charge in [-0.1, -0.05) is 22.0 Å². The van der Waals surface area contributed by atoms with E-state index in [1.54, 1.807) is 18.5 Å². The van der Waals surface area contributed by atoms with Gasteiger partial charge in [-0.2, -0.15) is 0 Å². The van der Waals surface area contributed by atoms with Gasteiger partial charge < -0.3 is 9.64 Å². The van der Waals surface area contributed by atoms with Crippen molar-refractivity contribution in [1.82, 2.24) is 9.88 Å². The summed E-state index contributed by atoms with van der Waals surface area (Å²) in [6.07, 6.45) is 7.31. The number of benzene rings is 1. The van der Waals surface area contributed by atoms with Gasteiger partial charge >= 0.3 is 0 Å². The van der Waals surface area contributed by atoms with Crippen molar-refractivity contribution in [2.24, 2.45) is 0 Å². The Morgan fingerprint density at radius 1 is 1.23 bits per heavy atom. The first-order valence-corrected chi connectivity index (χ1v) is 9.52. The number of halogens is 1. The number of aromatic nitrogens is 1. The molecule has 1 aliphatic heterocycles. The highest BCUT2D eigenvalue weighted by Crippen LogP contribution is 2.34. The van der Waals surface area contributed by atoms with E-state index in [1.165, 1.54) is 0 Å². The van der Waals surface area contributed by atoms with E-state index >= 15 is 0 Å². The minimum atomic E-state index is 0.108. The fourth-order valence-electron chi connectivity index (χ4n) is 3.78. The first-order chi connectivity index (χ1) is 12.7. The van der Waals surface area contributed by atoms with E-state index in [9.17, 15) is 4.79 Å². The molecule has 0 bridgehead atoms. The van der Waals surface area contributed by atoms with E-state index in [-0.39, 0.29) is 18.1 Å². The lowest BCUT2D eigenvalue weighted by Gasteiger charge is -2.34. The predicted molar refractivity (Wildman–Crippen MR) is 101 cm³/mol. The summed E-state index contributed by atoms with van der Waals surface area (Å²) in [5.74, 6) is 0.889. The molecule has 26 heavy (non-hydrogen) atoms. The molecule has 1 aromatic carbocycles. The van der Waals surface area contributed by atoms with E-state index < -0.39 is 0 Å². The summed E-state index contributed by atoms with van der Waals surface area (Å²) >= 11 is 3.40. The molecule has 4 rings (SSSR count). The second-order valence-electron chi connectivity index (χ2n) is 6.74. The van der Waals surface area contributed by atoms with Crippen molar-refractivity contribution in [3.8, 4) is 5.75 Å². The number of hydrogen-bond acceptors (Lipinski definition) is 3. The molecule has 132 valence electrons. The molecule has 1 saturated carbocycles. The predicted octanol–water partition coefficient (Wildman–Crippen LogP) is 4.74. The number of nitrogens with zero attached hydrogens (tertiary/aromatic N) is 3. The van der Waals surface area contributed by atoms with Gasteiger partial charge in [-0.05, 0) is 49.4 Å². The summed E-state index contributed by atoms with van der Waals surface area (Å²) in [5, 5.41) is 0. The molecule has 5 nitrogen and oxygen atoms in total. The number of carbonyl (C=O) groups excluding carboxylic acids is 1.